The van der Waals surface area contributed by atoms with Crippen LogP contribution in [0.15, 0.2) is 35.2 Å². The van der Waals surface area contributed by atoms with E-state index in [4.69, 9.17) is 0 Å². The van der Waals surface area contributed by atoms with Gasteiger partial charge in [-0.2, -0.15) is 15.7 Å². The predicted molar refractivity (Wildman–Crippen MR) is 64.3 cm³/mol. The van der Waals surface area contributed by atoms with Gasteiger partial charge in [0.05, 0.1) is 5.56 Å². The molecule has 0 aliphatic heterocycles. The van der Waals surface area contributed by atoms with E-state index in [1.54, 1.807) is 24.5 Å². The Morgan fingerprint density at radius 3 is 3.00 bits per heavy atom. The number of nitrogens with zero attached hydrogens (tertiary/aromatic N) is 2. The highest BCUT2D eigenvalue weighted by Crippen LogP contribution is 2.12. The number of carbonyl (C=O) groups is 1. The van der Waals surface area contributed by atoms with Crippen LogP contribution >= 0.6 is 11.3 Å². The highest BCUT2D eigenvalue weighted by Gasteiger charge is 2.16. The van der Waals surface area contributed by atoms with Crippen molar-refractivity contribution in [2.24, 2.45) is 0 Å². The number of hydrogen-bond donors (Lipinski definition) is 0. The van der Waals surface area contributed by atoms with E-state index in [1.165, 1.54) is 17.2 Å². The Balaban J connectivity index is 2.13. The van der Waals surface area contributed by atoms with Gasteiger partial charge in [0.25, 0.3) is 5.91 Å². The zero-order valence-electron chi connectivity index (χ0n) is 9.26. The first-order chi connectivity index (χ1) is 8.18. The molecule has 1 amide bonds. The van der Waals surface area contributed by atoms with Crippen LogP contribution in [0.3, 0.4) is 0 Å². The van der Waals surface area contributed by atoms with Crippen molar-refractivity contribution in [2.75, 3.05) is 7.05 Å². The van der Waals surface area contributed by atoms with E-state index in [2.05, 4.69) is 4.98 Å². The van der Waals surface area contributed by atoms with Gasteiger partial charge in [0.2, 0.25) is 5.95 Å². The normalized spacial score (nSPS) is 10.2. The number of rotatable bonds is 3. The number of hydrogen-bond acceptors (Lipinski definition) is 3. The summed E-state index contributed by atoms with van der Waals surface area (Å²) in [5, 5.41) is 3.90. The molecule has 0 saturated carbocycles. The Bertz CT molecular complexity index is 513. The fourth-order valence-electron chi connectivity index (χ4n) is 1.48. The molecule has 0 unspecified atom stereocenters. The van der Waals surface area contributed by atoms with Crippen LogP contribution in [0.5, 0.6) is 0 Å². The lowest BCUT2D eigenvalue weighted by Crippen LogP contribution is -2.27. The lowest BCUT2D eigenvalue weighted by Gasteiger charge is -2.16. The fourth-order valence-corrected chi connectivity index (χ4v) is 2.14. The summed E-state index contributed by atoms with van der Waals surface area (Å²) in [7, 11) is 1.65. The molecule has 0 saturated heterocycles. The molecule has 2 rings (SSSR count). The van der Waals surface area contributed by atoms with Gasteiger partial charge in [-0.15, -0.1) is 0 Å². The van der Waals surface area contributed by atoms with Crippen molar-refractivity contribution >= 4 is 17.2 Å². The van der Waals surface area contributed by atoms with Crippen LogP contribution in [0.4, 0.5) is 4.39 Å². The summed E-state index contributed by atoms with van der Waals surface area (Å²) < 4.78 is 13.3. The summed E-state index contributed by atoms with van der Waals surface area (Å²) in [6.45, 7) is 0.469. The van der Waals surface area contributed by atoms with Crippen molar-refractivity contribution in [3.8, 4) is 0 Å². The standard InChI is InChI=1S/C12H11FN2OS/c1-15(7-9-4-6-17-8-9)12(16)10-3-2-5-14-11(10)13/h2-6,8H,7H2,1H3. The molecule has 0 bridgehead atoms. The third kappa shape index (κ3) is 2.68. The van der Waals surface area contributed by atoms with Crippen LogP contribution in [0, 0.1) is 5.95 Å². The Hall–Kier alpha value is -1.75. The van der Waals surface area contributed by atoms with Crippen molar-refractivity contribution < 1.29 is 9.18 Å². The highest BCUT2D eigenvalue weighted by atomic mass is 32.1. The highest BCUT2D eigenvalue weighted by molar-refractivity contribution is 7.07. The molecule has 0 radical (unpaired) electrons. The Morgan fingerprint density at radius 2 is 2.35 bits per heavy atom. The van der Waals surface area contributed by atoms with E-state index in [-0.39, 0.29) is 11.5 Å². The minimum Gasteiger partial charge on any atom is -0.337 e. The average molecular weight is 250 g/mol. The van der Waals surface area contributed by atoms with Gasteiger partial charge in [0, 0.05) is 19.8 Å². The Labute approximate surface area is 103 Å². The van der Waals surface area contributed by atoms with E-state index < -0.39 is 5.95 Å². The first kappa shape index (κ1) is 11.7. The van der Waals surface area contributed by atoms with Crippen LogP contribution in [-0.2, 0) is 6.54 Å². The number of pyridine rings is 1. The van der Waals surface area contributed by atoms with E-state index in [1.807, 2.05) is 16.8 Å². The van der Waals surface area contributed by atoms with Crippen molar-refractivity contribution in [1.82, 2.24) is 9.88 Å². The Morgan fingerprint density at radius 1 is 1.53 bits per heavy atom. The monoisotopic (exact) mass is 250 g/mol. The minimum atomic E-state index is -0.727. The van der Waals surface area contributed by atoms with Gasteiger partial charge in [-0.05, 0) is 34.5 Å². The lowest BCUT2D eigenvalue weighted by atomic mass is 10.2. The van der Waals surface area contributed by atoms with E-state index in [0.29, 0.717) is 6.54 Å². The third-order valence-electron chi connectivity index (χ3n) is 2.34. The van der Waals surface area contributed by atoms with Crippen LogP contribution in [0.1, 0.15) is 15.9 Å². The number of thiophene rings is 1. The number of carbonyl (C=O) groups excluding carboxylic acids is 1. The summed E-state index contributed by atoms with van der Waals surface area (Å²) >= 11 is 1.57. The molecular weight excluding hydrogens is 239 g/mol. The summed E-state index contributed by atoms with van der Waals surface area (Å²) in [5.41, 5.74) is 1.04. The maximum Gasteiger partial charge on any atom is 0.258 e. The average Bonchev–Trinajstić information content (AvgIpc) is 2.81. The van der Waals surface area contributed by atoms with Gasteiger partial charge in [-0.1, -0.05) is 0 Å². The minimum absolute atomic E-state index is 0.00484. The molecule has 0 spiro atoms. The second-order valence-corrected chi connectivity index (χ2v) is 4.41. The van der Waals surface area contributed by atoms with Gasteiger partial charge in [0.15, 0.2) is 0 Å². The van der Waals surface area contributed by atoms with Gasteiger partial charge in [-0.3, -0.25) is 4.79 Å². The fraction of sp³-hybridized carbons (Fsp3) is 0.167. The first-order valence-electron chi connectivity index (χ1n) is 5.05. The molecule has 17 heavy (non-hydrogen) atoms. The van der Waals surface area contributed by atoms with Crippen molar-refractivity contribution in [3.05, 3.63) is 52.2 Å². The van der Waals surface area contributed by atoms with Gasteiger partial charge < -0.3 is 4.90 Å². The molecule has 2 heterocycles. The van der Waals surface area contributed by atoms with Gasteiger partial charge in [-0.25, -0.2) is 4.98 Å². The third-order valence-corrected chi connectivity index (χ3v) is 3.07. The topological polar surface area (TPSA) is 33.2 Å². The molecule has 3 nitrogen and oxygen atoms in total. The van der Waals surface area contributed by atoms with Crippen LogP contribution < -0.4 is 0 Å². The summed E-state index contributed by atoms with van der Waals surface area (Å²) in [5.74, 6) is -1.09. The predicted octanol–water partition coefficient (Wildman–Crippen LogP) is 2.55. The molecule has 5 heteroatoms. The van der Waals surface area contributed by atoms with Crippen LogP contribution in [0.2, 0.25) is 0 Å². The molecule has 88 valence electrons. The second kappa shape index (κ2) is 5.05. The lowest BCUT2D eigenvalue weighted by molar-refractivity contribution is 0.0779. The van der Waals surface area contributed by atoms with Gasteiger partial charge in [0.1, 0.15) is 0 Å². The summed E-state index contributed by atoms with van der Waals surface area (Å²) in [4.78, 5) is 16.9. The second-order valence-electron chi connectivity index (χ2n) is 3.63. The molecule has 2 aromatic heterocycles. The zero-order valence-corrected chi connectivity index (χ0v) is 10.1. The van der Waals surface area contributed by atoms with Crippen LogP contribution in [0.25, 0.3) is 0 Å². The Kier molecular flexibility index (Phi) is 3.49. The van der Waals surface area contributed by atoms with E-state index in [0.717, 1.165) is 5.56 Å². The number of amides is 1. The molecular formula is C12H11FN2OS. The van der Waals surface area contributed by atoms with E-state index in [9.17, 15) is 9.18 Å². The summed E-state index contributed by atoms with van der Waals surface area (Å²) in [6, 6.07) is 4.93. The first-order valence-corrected chi connectivity index (χ1v) is 6.00. The smallest absolute Gasteiger partial charge is 0.258 e. The molecule has 0 N–H and O–H groups in total. The summed E-state index contributed by atoms with van der Waals surface area (Å²) in [6.07, 6.45) is 1.32. The quantitative estimate of drug-likeness (QED) is 0.784. The van der Waals surface area contributed by atoms with Crippen LogP contribution in [-0.4, -0.2) is 22.8 Å². The molecule has 0 aliphatic rings. The molecule has 2 aromatic rings. The largest absolute Gasteiger partial charge is 0.337 e. The molecule has 0 fully saturated rings. The number of halogens is 1. The molecule has 0 aliphatic carbocycles. The molecule has 0 aromatic carbocycles. The SMILES string of the molecule is CN(Cc1ccsc1)C(=O)c1cccnc1F. The van der Waals surface area contributed by atoms with Crippen molar-refractivity contribution in [3.63, 3.8) is 0 Å². The maximum atomic E-state index is 13.3. The molecule has 0 atom stereocenters. The van der Waals surface area contributed by atoms with E-state index >= 15 is 0 Å². The number of aromatic nitrogens is 1. The maximum absolute atomic E-state index is 13.3. The zero-order chi connectivity index (χ0) is 12.3. The van der Waals surface area contributed by atoms with Crippen molar-refractivity contribution in [1.29, 1.82) is 0 Å². The van der Waals surface area contributed by atoms with Crippen molar-refractivity contribution in [2.45, 2.75) is 6.54 Å². The van der Waals surface area contributed by atoms with Gasteiger partial charge >= 0.3 is 0 Å².